The molecule has 11 heteroatoms. The van der Waals surface area contributed by atoms with Crippen molar-refractivity contribution in [3.8, 4) is 5.75 Å². The van der Waals surface area contributed by atoms with E-state index in [0.29, 0.717) is 34.5 Å². The van der Waals surface area contributed by atoms with Gasteiger partial charge in [0.05, 0.1) is 16.8 Å². The number of pyridine rings is 1. The summed E-state index contributed by atoms with van der Waals surface area (Å²) in [4.78, 5) is 30.5. The third-order valence-electron chi connectivity index (χ3n) is 6.00. The van der Waals surface area contributed by atoms with Gasteiger partial charge in [-0.15, -0.1) is 0 Å². The van der Waals surface area contributed by atoms with Crippen LogP contribution in [0.3, 0.4) is 0 Å². The summed E-state index contributed by atoms with van der Waals surface area (Å²) in [5, 5.41) is 2.63. The molecule has 35 heavy (non-hydrogen) atoms. The molecule has 0 radical (unpaired) electrons. The van der Waals surface area contributed by atoms with Gasteiger partial charge in [0.25, 0.3) is 5.91 Å². The molecule has 2 aromatic heterocycles. The van der Waals surface area contributed by atoms with Gasteiger partial charge in [0.1, 0.15) is 17.1 Å². The summed E-state index contributed by atoms with van der Waals surface area (Å²) in [7, 11) is 4.19. The molecular formula is C24H27F3N6O2. The SMILES string of the molecule is Cc1nc(N2CCC(N(C)C)CC2)nc2ccc(NC(=O)COc3ccc(C(F)(F)F)cc3)nc12. The Morgan fingerprint density at radius 2 is 1.77 bits per heavy atom. The van der Waals surface area contributed by atoms with E-state index in [2.05, 4.69) is 44.2 Å². The number of halogens is 3. The zero-order chi connectivity index (χ0) is 25.2. The van der Waals surface area contributed by atoms with Crippen LogP contribution in [0.5, 0.6) is 5.75 Å². The number of hydrogen-bond donors (Lipinski definition) is 1. The lowest BCUT2D eigenvalue weighted by atomic mass is 10.0. The summed E-state index contributed by atoms with van der Waals surface area (Å²) >= 11 is 0. The van der Waals surface area contributed by atoms with Crippen LogP contribution in [-0.4, -0.2) is 65.6 Å². The molecule has 1 amide bonds. The van der Waals surface area contributed by atoms with Crippen molar-refractivity contribution in [3.05, 3.63) is 47.7 Å². The Labute approximate surface area is 201 Å². The number of nitrogens with zero attached hydrogens (tertiary/aromatic N) is 5. The Kier molecular flexibility index (Phi) is 7.06. The lowest BCUT2D eigenvalue weighted by molar-refractivity contribution is -0.137. The molecule has 3 heterocycles. The summed E-state index contributed by atoms with van der Waals surface area (Å²) in [5.74, 6) is 0.655. The fraction of sp³-hybridized carbons (Fsp3) is 0.417. The summed E-state index contributed by atoms with van der Waals surface area (Å²) in [6, 6.07) is 8.13. The van der Waals surface area contributed by atoms with E-state index in [1.807, 2.05) is 6.92 Å². The first-order valence-electron chi connectivity index (χ1n) is 11.3. The minimum absolute atomic E-state index is 0.158. The summed E-state index contributed by atoms with van der Waals surface area (Å²) in [6.45, 7) is 3.25. The normalized spacial score (nSPS) is 15.0. The number of ether oxygens (including phenoxy) is 1. The Bertz CT molecular complexity index is 1190. The first-order chi connectivity index (χ1) is 16.6. The van der Waals surface area contributed by atoms with E-state index in [1.165, 1.54) is 12.1 Å². The van der Waals surface area contributed by atoms with Crippen molar-refractivity contribution in [3.63, 3.8) is 0 Å². The molecule has 1 N–H and O–H groups in total. The molecule has 0 spiro atoms. The Morgan fingerprint density at radius 1 is 1.09 bits per heavy atom. The second-order valence-corrected chi connectivity index (χ2v) is 8.71. The van der Waals surface area contributed by atoms with Crippen molar-refractivity contribution < 1.29 is 22.7 Å². The average molecular weight is 489 g/mol. The Balaban J connectivity index is 1.38. The number of hydrogen-bond acceptors (Lipinski definition) is 7. The Morgan fingerprint density at radius 3 is 2.40 bits per heavy atom. The molecule has 1 aromatic carbocycles. The van der Waals surface area contributed by atoms with Gasteiger partial charge in [-0.05, 0) is 70.3 Å². The first-order valence-corrected chi connectivity index (χ1v) is 11.3. The van der Waals surface area contributed by atoms with Crippen LogP contribution in [0, 0.1) is 6.92 Å². The van der Waals surface area contributed by atoms with Crippen LogP contribution in [0.25, 0.3) is 11.0 Å². The highest BCUT2D eigenvalue weighted by molar-refractivity contribution is 5.92. The third kappa shape index (κ3) is 5.97. The number of nitrogens with one attached hydrogen (secondary N) is 1. The molecule has 0 unspecified atom stereocenters. The van der Waals surface area contributed by atoms with Crippen LogP contribution in [0.4, 0.5) is 24.9 Å². The van der Waals surface area contributed by atoms with Crippen LogP contribution >= 0.6 is 0 Å². The van der Waals surface area contributed by atoms with E-state index in [4.69, 9.17) is 4.74 Å². The van der Waals surface area contributed by atoms with Gasteiger partial charge in [-0.2, -0.15) is 13.2 Å². The number of alkyl halides is 3. The lowest BCUT2D eigenvalue weighted by Gasteiger charge is -2.35. The van der Waals surface area contributed by atoms with Crippen LogP contribution in [0.15, 0.2) is 36.4 Å². The zero-order valence-electron chi connectivity index (χ0n) is 19.8. The van der Waals surface area contributed by atoms with Gasteiger partial charge >= 0.3 is 6.18 Å². The smallest absolute Gasteiger partial charge is 0.416 e. The number of carbonyl (C=O) groups excluding carboxylic acids is 1. The van der Waals surface area contributed by atoms with Crippen LogP contribution in [0.1, 0.15) is 24.1 Å². The summed E-state index contributed by atoms with van der Waals surface area (Å²) in [5.41, 5.74) is 1.19. The number of anilines is 2. The van der Waals surface area contributed by atoms with Gasteiger partial charge < -0.3 is 19.9 Å². The highest BCUT2D eigenvalue weighted by Gasteiger charge is 2.30. The molecule has 0 bridgehead atoms. The first kappa shape index (κ1) is 24.6. The summed E-state index contributed by atoms with van der Waals surface area (Å²) < 4.78 is 43.2. The third-order valence-corrected chi connectivity index (χ3v) is 6.00. The van der Waals surface area contributed by atoms with Gasteiger partial charge in [-0.3, -0.25) is 4.79 Å². The van der Waals surface area contributed by atoms with Crippen molar-refractivity contribution in [2.75, 3.05) is 44.0 Å². The van der Waals surface area contributed by atoms with Crippen LogP contribution < -0.4 is 15.0 Å². The molecule has 186 valence electrons. The standard InChI is InChI=1S/C24H27F3N6O2/c1-15-22-19(29-23(28-15)33-12-10-17(11-13-33)32(2)3)8-9-20(31-22)30-21(34)14-35-18-6-4-16(5-7-18)24(25,26)27/h4-9,17H,10-14H2,1-3H3,(H,30,31,34). The monoisotopic (exact) mass is 488 g/mol. The lowest BCUT2D eigenvalue weighted by Crippen LogP contribution is -2.42. The van der Waals surface area contributed by atoms with Gasteiger partial charge in [-0.25, -0.2) is 15.0 Å². The number of piperidine rings is 1. The fourth-order valence-electron chi connectivity index (χ4n) is 4.01. The average Bonchev–Trinajstić information content (AvgIpc) is 2.83. The van der Waals surface area contributed by atoms with Crippen LogP contribution in [0.2, 0.25) is 0 Å². The Hall–Kier alpha value is -3.47. The predicted molar refractivity (Wildman–Crippen MR) is 127 cm³/mol. The molecule has 1 aliphatic heterocycles. The number of rotatable bonds is 6. The predicted octanol–water partition coefficient (Wildman–Crippen LogP) is 3.90. The van der Waals surface area contributed by atoms with Crippen molar-refractivity contribution in [2.45, 2.75) is 32.0 Å². The maximum absolute atomic E-state index is 12.6. The topological polar surface area (TPSA) is 83.5 Å². The molecule has 1 fully saturated rings. The number of fused-ring (bicyclic) bond motifs is 1. The molecule has 8 nitrogen and oxygen atoms in total. The van der Waals surface area contributed by atoms with Crippen molar-refractivity contribution in [1.82, 2.24) is 19.9 Å². The largest absolute Gasteiger partial charge is 0.484 e. The number of aryl methyl sites for hydroxylation is 1. The molecular weight excluding hydrogens is 461 g/mol. The second-order valence-electron chi connectivity index (χ2n) is 8.71. The minimum Gasteiger partial charge on any atom is -0.484 e. The van der Waals surface area contributed by atoms with Crippen molar-refractivity contribution >= 4 is 28.7 Å². The van der Waals surface area contributed by atoms with Gasteiger partial charge in [0, 0.05) is 19.1 Å². The van der Waals surface area contributed by atoms with E-state index in [1.54, 1.807) is 12.1 Å². The number of carbonyl (C=O) groups is 1. The molecule has 1 aliphatic rings. The second kappa shape index (κ2) is 10.0. The maximum Gasteiger partial charge on any atom is 0.416 e. The molecule has 0 aliphatic carbocycles. The highest BCUT2D eigenvalue weighted by Crippen LogP contribution is 2.30. The van der Waals surface area contributed by atoms with E-state index in [0.717, 1.165) is 38.1 Å². The minimum atomic E-state index is -4.43. The summed E-state index contributed by atoms with van der Waals surface area (Å²) in [6.07, 6.45) is -2.33. The number of benzene rings is 1. The van der Waals surface area contributed by atoms with Gasteiger partial charge in [-0.1, -0.05) is 0 Å². The molecule has 1 saturated heterocycles. The number of amides is 1. The van der Waals surface area contributed by atoms with Gasteiger partial charge in [0.15, 0.2) is 6.61 Å². The molecule has 4 rings (SSSR count). The molecule has 3 aromatic rings. The van der Waals surface area contributed by atoms with Crippen LogP contribution in [-0.2, 0) is 11.0 Å². The van der Waals surface area contributed by atoms with E-state index in [9.17, 15) is 18.0 Å². The molecule has 0 atom stereocenters. The quantitative estimate of drug-likeness (QED) is 0.564. The fourth-order valence-corrected chi connectivity index (χ4v) is 4.01. The van der Waals surface area contributed by atoms with Crippen molar-refractivity contribution in [1.29, 1.82) is 0 Å². The van der Waals surface area contributed by atoms with E-state index in [-0.39, 0.29) is 12.4 Å². The van der Waals surface area contributed by atoms with E-state index >= 15 is 0 Å². The number of aromatic nitrogens is 3. The molecule has 0 saturated carbocycles. The highest BCUT2D eigenvalue weighted by atomic mass is 19.4. The van der Waals surface area contributed by atoms with Crippen molar-refractivity contribution in [2.24, 2.45) is 0 Å². The maximum atomic E-state index is 12.6. The zero-order valence-corrected chi connectivity index (χ0v) is 19.8. The van der Waals surface area contributed by atoms with Gasteiger partial charge in [0.2, 0.25) is 5.95 Å². The van der Waals surface area contributed by atoms with E-state index < -0.39 is 17.6 Å².